The van der Waals surface area contributed by atoms with E-state index in [4.69, 9.17) is 9.47 Å². The zero-order valence-electron chi connectivity index (χ0n) is 8.99. The Morgan fingerprint density at radius 1 is 0.933 bits per heavy atom. The summed E-state index contributed by atoms with van der Waals surface area (Å²) in [6, 6.07) is 0. The van der Waals surface area contributed by atoms with Crippen LogP contribution in [0, 0.1) is 0 Å². The molecule has 0 saturated heterocycles. The molecule has 84 valence electrons. The fourth-order valence-corrected chi connectivity index (χ4v) is 0.704. The first-order chi connectivity index (χ1) is 6.54. The van der Waals surface area contributed by atoms with E-state index < -0.39 is 0 Å². The maximum atomic E-state index is 4.74. The number of thiocarbonyl (C=S) groups is 2. The summed E-state index contributed by atoms with van der Waals surface area (Å²) in [5, 5.41) is 0. The summed E-state index contributed by atoms with van der Waals surface area (Å²) in [5.74, 6) is 0. The van der Waals surface area contributed by atoms with Crippen LogP contribution in [0.2, 0.25) is 0 Å². The van der Waals surface area contributed by atoms with E-state index in [0.717, 1.165) is 12.8 Å². The van der Waals surface area contributed by atoms with E-state index in [-0.39, 0.29) is 46.5 Å². The second-order valence-corrected chi connectivity index (χ2v) is 4.20. The molecule has 2 nitrogen and oxygen atoms in total. The molecule has 0 aliphatic heterocycles. The van der Waals surface area contributed by atoms with Crippen LogP contribution in [0.3, 0.4) is 0 Å². The van der Waals surface area contributed by atoms with Crippen molar-refractivity contribution < 1.29 is 9.47 Å². The van der Waals surface area contributed by atoms with Gasteiger partial charge in [0.2, 0.25) is 0 Å². The van der Waals surface area contributed by atoms with Gasteiger partial charge in [-0.1, -0.05) is 13.8 Å². The van der Waals surface area contributed by atoms with Gasteiger partial charge in [0.25, 0.3) is 0 Å². The van der Waals surface area contributed by atoms with Crippen LogP contribution in [0.1, 0.15) is 26.7 Å². The molecule has 0 aliphatic carbocycles. The third kappa shape index (κ3) is 31.3. The Labute approximate surface area is 144 Å². The molecule has 0 N–H and O–H groups in total. The third-order valence-corrected chi connectivity index (χ3v) is 1.32. The Morgan fingerprint density at radius 2 is 1.20 bits per heavy atom. The normalized spacial score (nSPS) is 7.60. The molecule has 0 spiro atoms. The Balaban J connectivity index is -0.000000180. The van der Waals surface area contributed by atoms with Gasteiger partial charge in [0, 0.05) is 8.77 Å². The van der Waals surface area contributed by atoms with Crippen LogP contribution in [0.4, 0.5) is 0 Å². The number of hydrogen-bond acceptors (Lipinski definition) is 6. The predicted molar refractivity (Wildman–Crippen MR) is 78.2 cm³/mol. The summed E-state index contributed by atoms with van der Waals surface area (Å²) in [6.45, 7) is 5.33. The molecule has 0 saturated carbocycles. The molecular weight excluding hydrogens is 296 g/mol. The van der Waals surface area contributed by atoms with Crippen LogP contribution in [0.15, 0.2) is 0 Å². The molecule has 0 aromatic carbocycles. The molecule has 0 radical (unpaired) electrons. The smallest absolute Gasteiger partial charge is 0.514 e. The summed E-state index contributed by atoms with van der Waals surface area (Å²) in [7, 11) is 0. The van der Waals surface area contributed by atoms with E-state index >= 15 is 0 Å². The van der Waals surface area contributed by atoms with Gasteiger partial charge in [-0.15, -0.1) is 0 Å². The fraction of sp³-hybridized carbons (Fsp3) is 0.750. The van der Waals surface area contributed by atoms with Gasteiger partial charge in [0.15, 0.2) is 0 Å². The van der Waals surface area contributed by atoms with Crippen LogP contribution in [-0.4, -0.2) is 59.7 Å². The molecule has 0 aliphatic rings. The minimum Gasteiger partial charge on any atom is -0.514 e. The predicted octanol–water partition coefficient (Wildman–Crippen LogP) is 2.11. The SMILES string of the molecule is CCCOC(=S)[S-].CCCOC(=S)[S-].[Ca+2]. The van der Waals surface area contributed by atoms with Crippen molar-refractivity contribution in [3.8, 4) is 0 Å². The minimum absolute atomic E-state index is 0. The Hall–Kier alpha value is 1.48. The summed E-state index contributed by atoms with van der Waals surface area (Å²) < 4.78 is 9.92. The summed E-state index contributed by atoms with van der Waals surface area (Å²) in [4.78, 5) is 0. The van der Waals surface area contributed by atoms with Gasteiger partial charge in [0.1, 0.15) is 0 Å². The molecule has 0 aromatic heterocycles. The molecule has 0 unspecified atom stereocenters. The summed E-state index contributed by atoms with van der Waals surface area (Å²) in [5.41, 5.74) is 0. The van der Waals surface area contributed by atoms with Gasteiger partial charge in [0.05, 0.1) is 13.2 Å². The average molecular weight is 311 g/mol. The number of hydrogen-bond donors (Lipinski definition) is 0. The summed E-state index contributed by atoms with van der Waals surface area (Å²) in [6.07, 6.45) is 1.94. The quantitative estimate of drug-likeness (QED) is 0.446. The van der Waals surface area contributed by atoms with Gasteiger partial charge >= 0.3 is 37.7 Å². The van der Waals surface area contributed by atoms with E-state index in [2.05, 4.69) is 49.7 Å². The van der Waals surface area contributed by atoms with E-state index in [1.54, 1.807) is 0 Å². The minimum atomic E-state index is 0. The zero-order chi connectivity index (χ0) is 11.4. The van der Waals surface area contributed by atoms with Gasteiger partial charge in [-0.25, -0.2) is 0 Å². The number of ether oxygens (including phenoxy) is 2. The molecule has 0 heterocycles. The Bertz CT molecular complexity index is 149. The van der Waals surface area contributed by atoms with Gasteiger partial charge < -0.3 is 59.2 Å². The van der Waals surface area contributed by atoms with E-state index in [1.165, 1.54) is 0 Å². The fourth-order valence-electron chi connectivity index (χ4n) is 0.371. The van der Waals surface area contributed by atoms with Gasteiger partial charge in [-0.05, 0) is 12.8 Å². The zero-order valence-corrected chi connectivity index (χ0v) is 14.5. The first-order valence-electron chi connectivity index (χ1n) is 4.22. The van der Waals surface area contributed by atoms with E-state index in [9.17, 15) is 0 Å². The van der Waals surface area contributed by atoms with Crippen molar-refractivity contribution >= 4 is 96.2 Å². The summed E-state index contributed by atoms with van der Waals surface area (Å²) >= 11 is 17.8. The van der Waals surface area contributed by atoms with Gasteiger partial charge in [-0.3, -0.25) is 0 Å². The second kappa shape index (κ2) is 17.9. The van der Waals surface area contributed by atoms with Crippen molar-refractivity contribution in [1.82, 2.24) is 0 Å². The van der Waals surface area contributed by atoms with Gasteiger partial charge in [-0.2, -0.15) is 0 Å². The molecule has 7 heteroatoms. The Morgan fingerprint density at radius 3 is 1.27 bits per heavy atom. The second-order valence-electron chi connectivity index (χ2n) is 2.20. The van der Waals surface area contributed by atoms with Crippen molar-refractivity contribution in [2.75, 3.05) is 13.2 Å². The van der Waals surface area contributed by atoms with Crippen LogP contribution >= 0.6 is 24.4 Å². The molecule has 0 rings (SSSR count). The molecule has 0 aromatic rings. The molecule has 15 heavy (non-hydrogen) atoms. The first-order valence-corrected chi connectivity index (χ1v) is 5.85. The third-order valence-electron chi connectivity index (χ3n) is 0.848. The van der Waals surface area contributed by atoms with Crippen molar-refractivity contribution in [2.24, 2.45) is 0 Å². The van der Waals surface area contributed by atoms with Crippen molar-refractivity contribution in [1.29, 1.82) is 0 Å². The van der Waals surface area contributed by atoms with E-state index in [1.807, 2.05) is 13.8 Å². The van der Waals surface area contributed by atoms with Crippen molar-refractivity contribution in [2.45, 2.75) is 26.7 Å². The van der Waals surface area contributed by atoms with Crippen LogP contribution in [0.5, 0.6) is 0 Å². The standard InChI is InChI=1S/2C4H8OS2.Ca/c2*1-2-3-5-4(6)7;/h2*2-3H2,1H3,(H,6,7);/q;;+2/p-2. The maximum Gasteiger partial charge on any atom is 2.00 e. The van der Waals surface area contributed by atoms with Crippen molar-refractivity contribution in [3.05, 3.63) is 0 Å². The molecule has 0 bridgehead atoms. The van der Waals surface area contributed by atoms with Crippen molar-refractivity contribution in [3.63, 3.8) is 0 Å². The first kappa shape index (κ1) is 21.7. The average Bonchev–Trinajstić information content (AvgIpc) is 2.12. The van der Waals surface area contributed by atoms with Crippen LogP contribution in [0.25, 0.3) is 0 Å². The van der Waals surface area contributed by atoms with Crippen LogP contribution < -0.4 is 0 Å². The monoisotopic (exact) mass is 310 g/mol. The maximum absolute atomic E-state index is 4.74. The molecular formula is C8H14CaO2S4. The Kier molecular flexibility index (Phi) is 25.9. The molecule has 0 atom stereocenters. The topological polar surface area (TPSA) is 18.5 Å². The number of rotatable bonds is 4. The molecule has 0 amide bonds. The largest absolute Gasteiger partial charge is 2.00 e. The van der Waals surface area contributed by atoms with Crippen LogP contribution in [-0.2, 0) is 34.7 Å². The van der Waals surface area contributed by atoms with E-state index in [0.29, 0.717) is 13.2 Å². The molecule has 0 fully saturated rings.